The van der Waals surface area contributed by atoms with Crippen LogP contribution in [0.1, 0.15) is 18.4 Å². The van der Waals surface area contributed by atoms with Crippen molar-refractivity contribution in [2.24, 2.45) is 0 Å². The molecule has 0 radical (unpaired) electrons. The lowest BCUT2D eigenvalue weighted by Crippen LogP contribution is -1.87. The fourth-order valence-corrected chi connectivity index (χ4v) is 1.44. The number of halogens is 1. The zero-order valence-corrected chi connectivity index (χ0v) is 9.74. The summed E-state index contributed by atoms with van der Waals surface area (Å²) in [5, 5.41) is 1.05. The molecule has 1 aromatic rings. The van der Waals surface area contributed by atoms with Crippen LogP contribution in [0, 0.1) is 0 Å². The Balaban J connectivity index is 2.15. The number of rotatable bonds is 6. The molecular formula is C12H15BrO. The summed E-state index contributed by atoms with van der Waals surface area (Å²) in [4.78, 5) is 0. The number of hydrogen-bond acceptors (Lipinski definition) is 1. The Bertz CT molecular complexity index is 256. The minimum absolute atomic E-state index is 0.801. The van der Waals surface area contributed by atoms with E-state index >= 15 is 0 Å². The van der Waals surface area contributed by atoms with Crippen molar-refractivity contribution in [2.75, 3.05) is 11.9 Å². The van der Waals surface area contributed by atoms with Crippen LogP contribution in [0.15, 0.2) is 36.6 Å². The van der Waals surface area contributed by atoms with Crippen LogP contribution in [-0.2, 0) is 4.74 Å². The lowest BCUT2D eigenvalue weighted by atomic mass is 10.2. The van der Waals surface area contributed by atoms with Crippen LogP contribution in [0.4, 0.5) is 0 Å². The van der Waals surface area contributed by atoms with Crippen molar-refractivity contribution in [3.8, 4) is 0 Å². The highest BCUT2D eigenvalue weighted by Crippen LogP contribution is 2.01. The monoisotopic (exact) mass is 254 g/mol. The number of ether oxygens (including phenoxy) is 1. The fraction of sp³-hybridized carbons (Fsp3) is 0.333. The fourth-order valence-electron chi connectivity index (χ4n) is 1.04. The maximum absolute atomic E-state index is 5.34. The number of hydrogen-bond donors (Lipinski definition) is 0. The maximum Gasteiger partial charge on any atom is 0.0873 e. The van der Waals surface area contributed by atoms with Crippen molar-refractivity contribution in [1.29, 1.82) is 0 Å². The summed E-state index contributed by atoms with van der Waals surface area (Å²) in [6, 6.07) is 10.2. The normalized spacial score (nSPS) is 10.6. The summed E-state index contributed by atoms with van der Waals surface area (Å²) in [5.41, 5.74) is 1.17. The second-order valence-electron chi connectivity index (χ2n) is 2.98. The standard InChI is InChI=1S/C12H15BrO/c13-9-4-5-10-14-11-8-12-6-2-1-3-7-12/h1-3,6-8,11H,4-5,9-10H2. The Morgan fingerprint density at radius 1 is 1.14 bits per heavy atom. The molecule has 14 heavy (non-hydrogen) atoms. The number of unbranched alkanes of at least 4 members (excludes halogenated alkanes) is 1. The molecule has 2 heteroatoms. The van der Waals surface area contributed by atoms with Gasteiger partial charge in [-0.25, -0.2) is 0 Å². The third-order valence-corrected chi connectivity index (χ3v) is 2.36. The van der Waals surface area contributed by atoms with Gasteiger partial charge in [-0.2, -0.15) is 0 Å². The summed E-state index contributed by atoms with van der Waals surface area (Å²) in [6.45, 7) is 0.801. The van der Waals surface area contributed by atoms with Crippen LogP contribution < -0.4 is 0 Å². The molecule has 76 valence electrons. The molecule has 0 aliphatic rings. The molecule has 0 amide bonds. The molecule has 1 nitrogen and oxygen atoms in total. The van der Waals surface area contributed by atoms with E-state index in [9.17, 15) is 0 Å². The van der Waals surface area contributed by atoms with E-state index in [-0.39, 0.29) is 0 Å². The molecule has 0 aliphatic heterocycles. The molecule has 0 heterocycles. The molecule has 1 rings (SSSR count). The van der Waals surface area contributed by atoms with E-state index < -0.39 is 0 Å². The molecule has 0 saturated heterocycles. The van der Waals surface area contributed by atoms with Gasteiger partial charge in [0, 0.05) is 5.33 Å². The Morgan fingerprint density at radius 2 is 1.93 bits per heavy atom. The maximum atomic E-state index is 5.34. The van der Waals surface area contributed by atoms with Gasteiger partial charge in [0.25, 0.3) is 0 Å². The average Bonchev–Trinajstić information content (AvgIpc) is 2.25. The van der Waals surface area contributed by atoms with Crippen LogP contribution in [0.3, 0.4) is 0 Å². The van der Waals surface area contributed by atoms with Crippen molar-refractivity contribution in [3.63, 3.8) is 0 Å². The van der Waals surface area contributed by atoms with Gasteiger partial charge in [-0.15, -0.1) is 0 Å². The van der Waals surface area contributed by atoms with Crippen LogP contribution in [-0.4, -0.2) is 11.9 Å². The first kappa shape index (κ1) is 11.3. The highest BCUT2D eigenvalue weighted by atomic mass is 79.9. The van der Waals surface area contributed by atoms with Gasteiger partial charge in [0.2, 0.25) is 0 Å². The Labute approximate surface area is 93.9 Å². The zero-order chi connectivity index (χ0) is 10.1. The molecule has 0 saturated carbocycles. The van der Waals surface area contributed by atoms with Crippen LogP contribution in [0.2, 0.25) is 0 Å². The van der Waals surface area contributed by atoms with Gasteiger partial charge in [0.1, 0.15) is 0 Å². The van der Waals surface area contributed by atoms with E-state index in [2.05, 4.69) is 28.1 Å². The van der Waals surface area contributed by atoms with E-state index in [1.165, 1.54) is 12.0 Å². The van der Waals surface area contributed by atoms with E-state index in [0.717, 1.165) is 18.4 Å². The van der Waals surface area contributed by atoms with Gasteiger partial charge >= 0.3 is 0 Å². The second-order valence-corrected chi connectivity index (χ2v) is 3.77. The van der Waals surface area contributed by atoms with Gasteiger partial charge in [-0.05, 0) is 24.5 Å². The SMILES string of the molecule is BrCCCCOC=Cc1ccccc1. The molecule has 0 N–H and O–H groups in total. The quantitative estimate of drug-likeness (QED) is 0.426. The minimum atomic E-state index is 0.801. The second kappa shape index (κ2) is 7.63. The molecule has 0 aromatic heterocycles. The van der Waals surface area contributed by atoms with Crippen molar-refractivity contribution < 1.29 is 4.74 Å². The molecular weight excluding hydrogens is 240 g/mol. The van der Waals surface area contributed by atoms with Crippen molar-refractivity contribution in [2.45, 2.75) is 12.8 Å². The van der Waals surface area contributed by atoms with Crippen molar-refractivity contribution in [1.82, 2.24) is 0 Å². The summed E-state index contributed by atoms with van der Waals surface area (Å²) < 4.78 is 5.34. The Kier molecular flexibility index (Phi) is 6.16. The lowest BCUT2D eigenvalue weighted by molar-refractivity contribution is 0.246. The Morgan fingerprint density at radius 3 is 2.64 bits per heavy atom. The molecule has 0 spiro atoms. The molecule has 0 aliphatic carbocycles. The summed E-state index contributed by atoms with van der Waals surface area (Å²) in [5.74, 6) is 0. The van der Waals surface area contributed by atoms with Gasteiger partial charge in [-0.3, -0.25) is 0 Å². The molecule has 0 unspecified atom stereocenters. The first-order valence-corrected chi connectivity index (χ1v) is 5.95. The molecule has 0 bridgehead atoms. The summed E-state index contributed by atoms with van der Waals surface area (Å²) in [7, 11) is 0. The first-order chi connectivity index (χ1) is 6.93. The van der Waals surface area contributed by atoms with Gasteiger partial charge in [0.15, 0.2) is 0 Å². The summed E-state index contributed by atoms with van der Waals surface area (Å²) in [6.07, 6.45) is 6.02. The van der Waals surface area contributed by atoms with E-state index in [0.29, 0.717) is 0 Å². The molecule has 1 aromatic carbocycles. The van der Waals surface area contributed by atoms with E-state index in [4.69, 9.17) is 4.74 Å². The number of benzene rings is 1. The average molecular weight is 255 g/mol. The van der Waals surface area contributed by atoms with Crippen LogP contribution in [0.25, 0.3) is 6.08 Å². The van der Waals surface area contributed by atoms with Gasteiger partial charge in [0.05, 0.1) is 12.9 Å². The van der Waals surface area contributed by atoms with Gasteiger partial charge in [-0.1, -0.05) is 46.3 Å². The Hall–Kier alpha value is -0.760. The van der Waals surface area contributed by atoms with E-state index in [1.54, 1.807) is 6.26 Å². The molecule has 0 fully saturated rings. The third kappa shape index (κ3) is 5.07. The molecule has 0 atom stereocenters. The van der Waals surface area contributed by atoms with Crippen molar-refractivity contribution in [3.05, 3.63) is 42.2 Å². The predicted molar refractivity (Wildman–Crippen MR) is 64.5 cm³/mol. The number of alkyl halides is 1. The lowest BCUT2D eigenvalue weighted by Gasteiger charge is -1.98. The summed E-state index contributed by atoms with van der Waals surface area (Å²) >= 11 is 3.38. The van der Waals surface area contributed by atoms with Gasteiger partial charge < -0.3 is 4.74 Å². The zero-order valence-electron chi connectivity index (χ0n) is 8.16. The first-order valence-electron chi connectivity index (χ1n) is 4.82. The smallest absolute Gasteiger partial charge is 0.0873 e. The highest BCUT2D eigenvalue weighted by molar-refractivity contribution is 9.09. The third-order valence-electron chi connectivity index (χ3n) is 1.80. The topological polar surface area (TPSA) is 9.23 Å². The largest absolute Gasteiger partial charge is 0.501 e. The van der Waals surface area contributed by atoms with Crippen LogP contribution in [0.5, 0.6) is 0 Å². The van der Waals surface area contributed by atoms with Crippen LogP contribution >= 0.6 is 15.9 Å². The highest BCUT2D eigenvalue weighted by Gasteiger charge is 1.85. The van der Waals surface area contributed by atoms with Crippen molar-refractivity contribution >= 4 is 22.0 Å². The minimum Gasteiger partial charge on any atom is -0.501 e. The predicted octanol–water partition coefficient (Wildman–Crippen LogP) is 3.85. The van der Waals surface area contributed by atoms with E-state index in [1.807, 2.05) is 24.3 Å².